The van der Waals surface area contributed by atoms with Gasteiger partial charge in [-0.05, 0) is 5.56 Å². The van der Waals surface area contributed by atoms with Crippen molar-refractivity contribution in [2.75, 3.05) is 0 Å². The Hall–Kier alpha value is -2.21. The fourth-order valence-electron chi connectivity index (χ4n) is 1.39. The average Bonchev–Trinajstić information content (AvgIpc) is 3.00. The molecule has 1 atom stereocenters. The van der Waals surface area contributed by atoms with Crippen molar-refractivity contribution in [1.82, 2.24) is 0 Å². The molecule has 0 saturated heterocycles. The molecule has 0 bridgehead atoms. The van der Waals surface area contributed by atoms with Crippen molar-refractivity contribution in [2.45, 2.75) is 18.6 Å². The summed E-state index contributed by atoms with van der Waals surface area (Å²) < 4.78 is 4.82. The minimum absolute atomic E-state index is 0.0575. The van der Waals surface area contributed by atoms with E-state index in [-0.39, 0.29) is 18.7 Å². The number of nitrogens with zero attached hydrogens (tertiary/aromatic N) is 1. The molecule has 0 spiro atoms. The number of carboxylic acids is 1. The molecule has 2 rings (SSSR count). The van der Waals surface area contributed by atoms with Crippen LogP contribution in [0.1, 0.15) is 12.0 Å². The molecule has 0 aliphatic heterocycles. The molecule has 6 nitrogen and oxygen atoms in total. The van der Waals surface area contributed by atoms with Gasteiger partial charge < -0.3 is 14.9 Å². The topological polar surface area (TPSA) is 96.2 Å². The van der Waals surface area contributed by atoms with E-state index in [0.29, 0.717) is 0 Å². The molecular weight excluding hydrogens is 238 g/mol. The molecule has 1 unspecified atom stereocenters. The van der Waals surface area contributed by atoms with Crippen LogP contribution in [-0.2, 0) is 16.1 Å². The highest BCUT2D eigenvalue weighted by Gasteiger charge is 2.57. The maximum absolute atomic E-state index is 11.3. The van der Waals surface area contributed by atoms with Crippen molar-refractivity contribution in [3.63, 3.8) is 0 Å². The lowest BCUT2D eigenvalue weighted by Crippen LogP contribution is -2.24. The third-order valence-corrected chi connectivity index (χ3v) is 2.56. The normalized spacial score (nSPS) is 23.7. The van der Waals surface area contributed by atoms with Crippen molar-refractivity contribution in [3.05, 3.63) is 35.9 Å². The van der Waals surface area contributed by atoms with Gasteiger partial charge in [-0.25, -0.2) is 9.59 Å². The van der Waals surface area contributed by atoms with Crippen LogP contribution in [0.3, 0.4) is 0 Å². The molecule has 94 valence electrons. The van der Waals surface area contributed by atoms with Gasteiger partial charge in [0.05, 0.1) is 5.71 Å². The first-order chi connectivity index (χ1) is 8.52. The number of aliphatic hydroxyl groups is 1. The van der Waals surface area contributed by atoms with E-state index >= 15 is 0 Å². The molecule has 0 radical (unpaired) electrons. The minimum atomic E-state index is -1.98. The Morgan fingerprint density at radius 3 is 2.56 bits per heavy atom. The minimum Gasteiger partial charge on any atom is -0.479 e. The SMILES string of the molecule is O=C(N=C1CC1(O)C(=O)O)OCc1ccccc1. The molecule has 1 fully saturated rings. The smallest absolute Gasteiger partial charge is 0.433 e. The number of carbonyl (C=O) groups is 2. The zero-order valence-corrected chi connectivity index (χ0v) is 9.37. The third-order valence-electron chi connectivity index (χ3n) is 2.56. The van der Waals surface area contributed by atoms with Gasteiger partial charge in [0.15, 0.2) is 0 Å². The largest absolute Gasteiger partial charge is 0.479 e. The maximum Gasteiger partial charge on any atom is 0.433 e. The standard InChI is InChI=1S/C12H11NO5/c14-10(15)12(17)6-9(12)13-11(16)18-7-8-4-2-1-3-5-8/h1-5,17H,6-7H2,(H,14,15). The van der Waals surface area contributed by atoms with E-state index in [4.69, 9.17) is 9.84 Å². The van der Waals surface area contributed by atoms with Gasteiger partial charge in [-0.2, -0.15) is 4.99 Å². The molecule has 1 aromatic carbocycles. The summed E-state index contributed by atoms with van der Waals surface area (Å²) in [6, 6.07) is 9.01. The zero-order valence-electron chi connectivity index (χ0n) is 9.37. The molecule has 2 N–H and O–H groups in total. The Balaban J connectivity index is 1.88. The predicted octanol–water partition coefficient (Wildman–Crippen LogP) is 0.984. The fraction of sp³-hybridized carbons (Fsp3) is 0.250. The van der Waals surface area contributed by atoms with Crippen molar-refractivity contribution in [1.29, 1.82) is 0 Å². The highest BCUT2D eigenvalue weighted by molar-refractivity contribution is 6.25. The van der Waals surface area contributed by atoms with Crippen LogP contribution in [0.2, 0.25) is 0 Å². The molecule has 1 amide bonds. The molecule has 0 heterocycles. The second kappa shape index (κ2) is 4.58. The number of carboxylic acid groups (broad SMARTS) is 1. The summed E-state index contributed by atoms with van der Waals surface area (Å²) in [5.41, 5.74) is -1.26. The Bertz CT molecular complexity index is 510. The number of aliphatic imine (C=N–C) groups is 1. The number of benzene rings is 1. The van der Waals surface area contributed by atoms with E-state index < -0.39 is 17.7 Å². The second-order valence-corrected chi connectivity index (χ2v) is 3.94. The average molecular weight is 249 g/mol. The van der Waals surface area contributed by atoms with Gasteiger partial charge in [0.25, 0.3) is 0 Å². The molecule has 6 heteroatoms. The lowest BCUT2D eigenvalue weighted by atomic mass is 10.2. The zero-order chi connectivity index (χ0) is 13.2. The maximum atomic E-state index is 11.3. The highest BCUT2D eigenvalue weighted by atomic mass is 16.5. The summed E-state index contributed by atoms with van der Waals surface area (Å²) in [5.74, 6) is -1.41. The molecule has 1 saturated carbocycles. The van der Waals surface area contributed by atoms with Gasteiger partial charge in [-0.1, -0.05) is 30.3 Å². The molecule has 18 heavy (non-hydrogen) atoms. The lowest BCUT2D eigenvalue weighted by molar-refractivity contribution is -0.147. The highest BCUT2D eigenvalue weighted by Crippen LogP contribution is 2.32. The molecule has 1 aliphatic rings. The molecular formula is C12H11NO5. The van der Waals surface area contributed by atoms with Crippen molar-refractivity contribution in [3.8, 4) is 0 Å². The predicted molar refractivity (Wildman–Crippen MR) is 61.3 cm³/mol. The number of hydrogen-bond acceptors (Lipinski definition) is 4. The van der Waals surface area contributed by atoms with Crippen molar-refractivity contribution >= 4 is 17.8 Å². The first-order valence-corrected chi connectivity index (χ1v) is 5.27. The molecule has 1 aliphatic carbocycles. The van der Waals surface area contributed by atoms with Crippen molar-refractivity contribution in [2.24, 2.45) is 4.99 Å². The van der Waals surface area contributed by atoms with Crippen LogP contribution in [0.5, 0.6) is 0 Å². The van der Waals surface area contributed by atoms with Crippen LogP contribution in [0.4, 0.5) is 4.79 Å². The van der Waals surface area contributed by atoms with Gasteiger partial charge in [0, 0.05) is 6.42 Å². The van der Waals surface area contributed by atoms with E-state index in [2.05, 4.69) is 4.99 Å². The Kier molecular flexibility index (Phi) is 3.12. The number of amides is 1. The first kappa shape index (κ1) is 12.3. The fourth-order valence-corrected chi connectivity index (χ4v) is 1.39. The van der Waals surface area contributed by atoms with Gasteiger partial charge in [0.2, 0.25) is 5.60 Å². The third kappa shape index (κ3) is 2.54. The Morgan fingerprint density at radius 2 is 2.00 bits per heavy atom. The van der Waals surface area contributed by atoms with E-state index in [1.807, 2.05) is 6.07 Å². The summed E-state index contributed by atoms with van der Waals surface area (Å²) in [5, 5.41) is 18.0. The molecule has 1 aromatic rings. The molecule has 0 aromatic heterocycles. The number of carbonyl (C=O) groups excluding carboxylic acids is 1. The summed E-state index contributed by atoms with van der Waals surface area (Å²) in [6.07, 6.45) is -1.03. The quantitative estimate of drug-likeness (QED) is 0.832. The van der Waals surface area contributed by atoms with E-state index in [1.54, 1.807) is 24.3 Å². The van der Waals surface area contributed by atoms with Crippen LogP contribution in [0.25, 0.3) is 0 Å². The van der Waals surface area contributed by atoms with Gasteiger partial charge >= 0.3 is 12.1 Å². The Morgan fingerprint density at radius 1 is 1.33 bits per heavy atom. The monoisotopic (exact) mass is 249 g/mol. The first-order valence-electron chi connectivity index (χ1n) is 5.27. The summed E-state index contributed by atoms with van der Waals surface area (Å²) in [4.78, 5) is 25.2. The van der Waals surface area contributed by atoms with Crippen molar-refractivity contribution < 1.29 is 24.5 Å². The summed E-state index contributed by atoms with van der Waals surface area (Å²) >= 11 is 0. The van der Waals surface area contributed by atoms with Crippen LogP contribution >= 0.6 is 0 Å². The second-order valence-electron chi connectivity index (χ2n) is 3.94. The van der Waals surface area contributed by atoms with Crippen LogP contribution in [-0.4, -0.2) is 33.6 Å². The number of rotatable bonds is 3. The van der Waals surface area contributed by atoms with Crippen LogP contribution < -0.4 is 0 Å². The van der Waals surface area contributed by atoms with Gasteiger partial charge in [0.1, 0.15) is 6.61 Å². The lowest BCUT2D eigenvalue weighted by Gasteiger charge is -2.01. The van der Waals surface area contributed by atoms with E-state index in [0.717, 1.165) is 5.56 Å². The van der Waals surface area contributed by atoms with Gasteiger partial charge in [-0.15, -0.1) is 0 Å². The van der Waals surface area contributed by atoms with E-state index in [9.17, 15) is 14.7 Å². The number of ether oxygens (including phenoxy) is 1. The summed E-state index contributed by atoms with van der Waals surface area (Å²) in [6.45, 7) is 0.0575. The summed E-state index contributed by atoms with van der Waals surface area (Å²) in [7, 11) is 0. The van der Waals surface area contributed by atoms with E-state index in [1.165, 1.54) is 0 Å². The van der Waals surface area contributed by atoms with Gasteiger partial charge in [-0.3, -0.25) is 0 Å². The van der Waals surface area contributed by atoms with Crippen LogP contribution in [0, 0.1) is 0 Å². The number of aliphatic carboxylic acids is 1. The number of hydrogen-bond donors (Lipinski definition) is 2. The van der Waals surface area contributed by atoms with Crippen LogP contribution in [0.15, 0.2) is 35.3 Å². The Labute approximate surface area is 103 Å².